The third kappa shape index (κ3) is 3.82. The maximum atomic E-state index is 5.86. The molecule has 0 saturated heterocycles. The summed E-state index contributed by atoms with van der Waals surface area (Å²) in [6.45, 7) is 8.54. The van der Waals surface area contributed by atoms with E-state index in [-0.39, 0.29) is 6.10 Å². The van der Waals surface area contributed by atoms with Crippen molar-refractivity contribution in [1.29, 1.82) is 0 Å². The van der Waals surface area contributed by atoms with Crippen molar-refractivity contribution in [3.63, 3.8) is 0 Å². The van der Waals surface area contributed by atoms with Gasteiger partial charge in [-0.3, -0.25) is 0 Å². The summed E-state index contributed by atoms with van der Waals surface area (Å²) in [6, 6.07) is 5.77. The van der Waals surface area contributed by atoms with Crippen LogP contribution in [-0.2, 0) is 0 Å². The number of nitrogens with two attached hydrogens (primary N) is 1. The average molecular weight is 207 g/mol. The lowest BCUT2D eigenvalue weighted by Gasteiger charge is -2.18. The summed E-state index contributed by atoms with van der Waals surface area (Å²) in [5, 5.41) is 0. The van der Waals surface area contributed by atoms with Crippen LogP contribution in [0.25, 0.3) is 0 Å². The van der Waals surface area contributed by atoms with Gasteiger partial charge >= 0.3 is 0 Å². The highest BCUT2D eigenvalue weighted by Crippen LogP contribution is 2.22. The van der Waals surface area contributed by atoms with Crippen LogP contribution in [0.15, 0.2) is 18.2 Å². The minimum atomic E-state index is 0.257. The molecular formula is C13H21NO. The van der Waals surface area contributed by atoms with Crippen molar-refractivity contribution in [3.05, 3.63) is 23.8 Å². The van der Waals surface area contributed by atoms with Gasteiger partial charge in [-0.2, -0.15) is 0 Å². The predicted octanol–water partition coefficient (Wildman–Crippen LogP) is 3.39. The normalized spacial score (nSPS) is 12.9. The smallest absolute Gasteiger partial charge is 0.122 e. The molecule has 0 radical (unpaired) electrons. The van der Waals surface area contributed by atoms with Gasteiger partial charge in [0.25, 0.3) is 0 Å². The Hall–Kier alpha value is -1.18. The largest absolute Gasteiger partial charge is 0.490 e. The van der Waals surface area contributed by atoms with Crippen molar-refractivity contribution in [2.24, 2.45) is 5.92 Å². The molecular weight excluding hydrogens is 186 g/mol. The Morgan fingerprint density at radius 3 is 2.47 bits per heavy atom. The number of hydrogen-bond donors (Lipinski definition) is 1. The van der Waals surface area contributed by atoms with Gasteiger partial charge in [0.1, 0.15) is 5.75 Å². The van der Waals surface area contributed by atoms with Gasteiger partial charge in [0.2, 0.25) is 0 Å². The Morgan fingerprint density at radius 2 is 1.93 bits per heavy atom. The third-order valence-corrected chi connectivity index (χ3v) is 2.33. The number of benzene rings is 1. The number of rotatable bonds is 4. The summed E-state index contributed by atoms with van der Waals surface area (Å²) in [5.74, 6) is 1.60. The Kier molecular flexibility index (Phi) is 4.01. The van der Waals surface area contributed by atoms with Crippen molar-refractivity contribution >= 4 is 5.69 Å². The molecule has 2 heteroatoms. The van der Waals surface area contributed by atoms with Gasteiger partial charge < -0.3 is 10.5 Å². The maximum absolute atomic E-state index is 5.86. The first kappa shape index (κ1) is 11.9. The van der Waals surface area contributed by atoms with Crippen molar-refractivity contribution in [2.45, 2.75) is 40.2 Å². The molecule has 2 N–H and O–H groups in total. The Bertz CT molecular complexity index is 320. The van der Waals surface area contributed by atoms with Crippen LogP contribution < -0.4 is 10.5 Å². The summed E-state index contributed by atoms with van der Waals surface area (Å²) >= 11 is 0. The van der Waals surface area contributed by atoms with Crippen molar-refractivity contribution in [3.8, 4) is 5.75 Å². The van der Waals surface area contributed by atoms with Crippen LogP contribution in [0.4, 0.5) is 5.69 Å². The highest BCUT2D eigenvalue weighted by molar-refractivity contribution is 5.47. The van der Waals surface area contributed by atoms with Crippen LogP contribution in [0.3, 0.4) is 0 Å². The van der Waals surface area contributed by atoms with E-state index in [0.29, 0.717) is 5.92 Å². The van der Waals surface area contributed by atoms with E-state index < -0.39 is 0 Å². The maximum Gasteiger partial charge on any atom is 0.122 e. The van der Waals surface area contributed by atoms with E-state index in [0.717, 1.165) is 23.4 Å². The Balaban J connectivity index is 2.64. The SMILES string of the molecule is Cc1cc(N)ccc1O[C@@H](C)CC(C)C. The van der Waals surface area contributed by atoms with E-state index in [1.807, 2.05) is 25.1 Å². The van der Waals surface area contributed by atoms with Crippen LogP contribution in [-0.4, -0.2) is 6.10 Å². The van der Waals surface area contributed by atoms with E-state index in [1.165, 1.54) is 0 Å². The molecule has 0 bridgehead atoms. The zero-order chi connectivity index (χ0) is 11.4. The zero-order valence-electron chi connectivity index (χ0n) is 10.1. The number of ether oxygens (including phenoxy) is 1. The molecule has 0 aliphatic rings. The Morgan fingerprint density at radius 1 is 1.27 bits per heavy atom. The van der Waals surface area contributed by atoms with Crippen LogP contribution in [0.1, 0.15) is 32.8 Å². The third-order valence-electron chi connectivity index (χ3n) is 2.33. The average Bonchev–Trinajstić information content (AvgIpc) is 2.08. The molecule has 0 spiro atoms. The second-order valence-electron chi connectivity index (χ2n) is 4.58. The molecule has 84 valence electrons. The van der Waals surface area contributed by atoms with Gasteiger partial charge in [-0.25, -0.2) is 0 Å². The first-order valence-corrected chi connectivity index (χ1v) is 5.52. The zero-order valence-corrected chi connectivity index (χ0v) is 10.1. The van der Waals surface area contributed by atoms with Gasteiger partial charge in [0.05, 0.1) is 6.10 Å². The molecule has 0 fully saturated rings. The van der Waals surface area contributed by atoms with E-state index >= 15 is 0 Å². The van der Waals surface area contributed by atoms with Crippen LogP contribution in [0, 0.1) is 12.8 Å². The molecule has 15 heavy (non-hydrogen) atoms. The lowest BCUT2D eigenvalue weighted by molar-refractivity contribution is 0.192. The van der Waals surface area contributed by atoms with Gasteiger partial charge in [0.15, 0.2) is 0 Å². The van der Waals surface area contributed by atoms with Crippen LogP contribution in [0.2, 0.25) is 0 Å². The minimum Gasteiger partial charge on any atom is -0.490 e. The number of nitrogen functional groups attached to an aromatic ring is 1. The number of hydrogen-bond acceptors (Lipinski definition) is 2. The standard InChI is InChI=1S/C13H21NO/c1-9(2)7-11(4)15-13-6-5-12(14)8-10(13)3/h5-6,8-9,11H,7,14H2,1-4H3/t11-/m0/s1. The predicted molar refractivity (Wildman–Crippen MR) is 65.1 cm³/mol. The quantitative estimate of drug-likeness (QED) is 0.768. The first-order chi connectivity index (χ1) is 6.99. The highest BCUT2D eigenvalue weighted by atomic mass is 16.5. The molecule has 0 heterocycles. The molecule has 1 aromatic carbocycles. The molecule has 0 saturated carbocycles. The topological polar surface area (TPSA) is 35.2 Å². The summed E-state index contributed by atoms with van der Waals surface area (Å²) in [4.78, 5) is 0. The first-order valence-electron chi connectivity index (χ1n) is 5.52. The van der Waals surface area contributed by atoms with Crippen LogP contribution in [0.5, 0.6) is 5.75 Å². The van der Waals surface area contributed by atoms with Gasteiger partial charge in [-0.1, -0.05) is 13.8 Å². The second kappa shape index (κ2) is 5.06. The van der Waals surface area contributed by atoms with Crippen molar-refractivity contribution in [2.75, 3.05) is 5.73 Å². The molecule has 1 atom stereocenters. The molecule has 1 rings (SSSR count). The van der Waals surface area contributed by atoms with Gasteiger partial charge in [-0.15, -0.1) is 0 Å². The number of anilines is 1. The summed E-state index contributed by atoms with van der Waals surface area (Å²) in [5.41, 5.74) is 7.57. The van der Waals surface area contributed by atoms with E-state index in [4.69, 9.17) is 10.5 Å². The molecule has 1 aromatic rings. The lowest BCUT2D eigenvalue weighted by atomic mass is 10.1. The number of aryl methyl sites for hydroxylation is 1. The van der Waals surface area contributed by atoms with Crippen molar-refractivity contribution < 1.29 is 4.74 Å². The highest BCUT2D eigenvalue weighted by Gasteiger charge is 2.08. The Labute approximate surface area is 92.4 Å². The molecule has 0 unspecified atom stereocenters. The van der Waals surface area contributed by atoms with Crippen molar-refractivity contribution in [1.82, 2.24) is 0 Å². The van der Waals surface area contributed by atoms with Gasteiger partial charge in [-0.05, 0) is 49.9 Å². The van der Waals surface area contributed by atoms with E-state index in [1.54, 1.807) is 0 Å². The monoisotopic (exact) mass is 207 g/mol. The fraction of sp³-hybridized carbons (Fsp3) is 0.538. The fourth-order valence-electron chi connectivity index (χ4n) is 1.73. The molecule has 0 amide bonds. The second-order valence-corrected chi connectivity index (χ2v) is 4.58. The van der Waals surface area contributed by atoms with E-state index in [2.05, 4.69) is 20.8 Å². The fourth-order valence-corrected chi connectivity index (χ4v) is 1.73. The van der Waals surface area contributed by atoms with Crippen LogP contribution >= 0.6 is 0 Å². The molecule has 2 nitrogen and oxygen atoms in total. The van der Waals surface area contributed by atoms with Gasteiger partial charge in [0, 0.05) is 5.69 Å². The molecule has 0 aromatic heterocycles. The lowest BCUT2D eigenvalue weighted by Crippen LogP contribution is -2.15. The van der Waals surface area contributed by atoms with E-state index in [9.17, 15) is 0 Å². The minimum absolute atomic E-state index is 0.257. The summed E-state index contributed by atoms with van der Waals surface area (Å²) in [7, 11) is 0. The molecule has 0 aliphatic carbocycles. The summed E-state index contributed by atoms with van der Waals surface area (Å²) < 4.78 is 5.86. The molecule has 0 aliphatic heterocycles. The summed E-state index contributed by atoms with van der Waals surface area (Å²) in [6.07, 6.45) is 1.33.